The molecular weight excluding hydrogens is 253 g/mol. The lowest BCUT2D eigenvalue weighted by atomic mass is 10.2. The first-order valence-corrected chi connectivity index (χ1v) is 5.92. The third kappa shape index (κ3) is 3.45. The first kappa shape index (κ1) is 12.9. The molecule has 0 atom stereocenters. The normalized spacial score (nSPS) is 10.4. The van der Waals surface area contributed by atoms with Crippen molar-refractivity contribution in [1.29, 1.82) is 0 Å². The minimum atomic E-state index is -0.320. The number of benzene rings is 2. The summed E-state index contributed by atoms with van der Waals surface area (Å²) in [6.07, 6.45) is 0. The second-order valence-electron chi connectivity index (χ2n) is 3.88. The molecule has 94 valence electrons. The van der Waals surface area contributed by atoms with Gasteiger partial charge < -0.3 is 10.1 Å². The fourth-order valence-corrected chi connectivity index (χ4v) is 1.83. The second kappa shape index (κ2) is 5.85. The Kier molecular flexibility index (Phi) is 4.18. The van der Waals surface area contributed by atoms with E-state index in [0.717, 1.165) is 5.56 Å². The largest absolute Gasteiger partial charge is 0.457 e. The summed E-state index contributed by atoms with van der Waals surface area (Å²) in [5.41, 5.74) is 0.828. The molecule has 18 heavy (non-hydrogen) atoms. The molecule has 0 aliphatic rings. The van der Waals surface area contributed by atoms with Crippen molar-refractivity contribution in [3.8, 4) is 11.5 Å². The van der Waals surface area contributed by atoms with Crippen LogP contribution in [0.25, 0.3) is 0 Å². The summed E-state index contributed by atoms with van der Waals surface area (Å²) in [7, 11) is 1.81. The minimum absolute atomic E-state index is 0.320. The predicted octanol–water partition coefficient (Wildman–Crippen LogP) is 3.99. The van der Waals surface area contributed by atoms with Gasteiger partial charge in [-0.15, -0.1) is 0 Å². The highest BCUT2D eigenvalue weighted by Crippen LogP contribution is 2.25. The lowest BCUT2D eigenvalue weighted by molar-refractivity contribution is 0.475. The summed E-state index contributed by atoms with van der Waals surface area (Å²) in [6.45, 7) is 0.587. The highest BCUT2D eigenvalue weighted by molar-refractivity contribution is 6.30. The maximum Gasteiger partial charge on any atom is 0.130 e. The third-order valence-electron chi connectivity index (χ3n) is 2.34. The quantitative estimate of drug-likeness (QED) is 0.902. The lowest BCUT2D eigenvalue weighted by Crippen LogP contribution is -2.05. The van der Waals surface area contributed by atoms with Crippen LogP contribution in [0.4, 0.5) is 4.39 Å². The number of hydrogen-bond donors (Lipinski definition) is 1. The van der Waals surface area contributed by atoms with Crippen LogP contribution in [0.1, 0.15) is 5.56 Å². The van der Waals surface area contributed by atoms with Crippen molar-refractivity contribution >= 4 is 11.6 Å². The molecule has 0 unspecified atom stereocenters. The van der Waals surface area contributed by atoms with Crippen molar-refractivity contribution in [3.05, 3.63) is 58.9 Å². The Morgan fingerprint density at radius 1 is 1.17 bits per heavy atom. The van der Waals surface area contributed by atoms with E-state index in [0.29, 0.717) is 23.1 Å². The molecule has 0 radical (unpaired) electrons. The van der Waals surface area contributed by atoms with E-state index < -0.39 is 0 Å². The molecule has 0 aromatic heterocycles. The molecule has 4 heteroatoms. The Morgan fingerprint density at radius 3 is 2.72 bits per heavy atom. The van der Waals surface area contributed by atoms with Crippen molar-refractivity contribution in [3.63, 3.8) is 0 Å². The molecule has 2 nitrogen and oxygen atoms in total. The SMILES string of the molecule is CNCc1cc(F)cc(Oc2cccc(Cl)c2)c1. The van der Waals surface area contributed by atoms with Crippen LogP contribution in [-0.4, -0.2) is 7.05 Å². The predicted molar refractivity (Wildman–Crippen MR) is 70.7 cm³/mol. The first-order valence-electron chi connectivity index (χ1n) is 5.55. The van der Waals surface area contributed by atoms with E-state index in [9.17, 15) is 4.39 Å². The van der Waals surface area contributed by atoms with Gasteiger partial charge in [-0.3, -0.25) is 0 Å². The standard InChI is InChI=1S/C14H13ClFNO/c1-17-9-10-5-12(16)8-14(6-10)18-13-4-2-3-11(15)7-13/h2-8,17H,9H2,1H3. The minimum Gasteiger partial charge on any atom is -0.457 e. The summed E-state index contributed by atoms with van der Waals surface area (Å²) in [5, 5.41) is 3.55. The molecule has 0 amide bonds. The van der Waals surface area contributed by atoms with Crippen molar-refractivity contribution in [2.45, 2.75) is 6.54 Å². The molecule has 0 aliphatic heterocycles. The molecule has 0 aliphatic carbocycles. The molecule has 0 bridgehead atoms. The van der Waals surface area contributed by atoms with Gasteiger partial charge in [-0.25, -0.2) is 4.39 Å². The Hall–Kier alpha value is -1.58. The van der Waals surface area contributed by atoms with Gasteiger partial charge in [0.1, 0.15) is 17.3 Å². The zero-order chi connectivity index (χ0) is 13.0. The van der Waals surface area contributed by atoms with Crippen LogP contribution in [0.2, 0.25) is 5.02 Å². The molecule has 2 rings (SSSR count). The van der Waals surface area contributed by atoms with Crippen molar-refractivity contribution in [2.75, 3.05) is 7.05 Å². The van der Waals surface area contributed by atoms with Crippen LogP contribution in [0, 0.1) is 5.82 Å². The van der Waals surface area contributed by atoms with Gasteiger partial charge in [0, 0.05) is 17.6 Å². The van der Waals surface area contributed by atoms with Gasteiger partial charge in [0.05, 0.1) is 0 Å². The molecule has 0 heterocycles. The summed E-state index contributed by atoms with van der Waals surface area (Å²) >= 11 is 5.86. The van der Waals surface area contributed by atoms with Gasteiger partial charge >= 0.3 is 0 Å². The van der Waals surface area contributed by atoms with Crippen LogP contribution in [0.3, 0.4) is 0 Å². The van der Waals surface area contributed by atoms with Gasteiger partial charge in [-0.2, -0.15) is 0 Å². The van der Waals surface area contributed by atoms with Crippen molar-refractivity contribution in [2.24, 2.45) is 0 Å². The average molecular weight is 266 g/mol. The lowest BCUT2D eigenvalue weighted by Gasteiger charge is -2.08. The monoisotopic (exact) mass is 265 g/mol. The van der Waals surface area contributed by atoms with Crippen LogP contribution in [-0.2, 0) is 6.54 Å². The highest BCUT2D eigenvalue weighted by Gasteiger charge is 2.03. The zero-order valence-corrected chi connectivity index (χ0v) is 10.7. The molecule has 0 saturated heterocycles. The number of rotatable bonds is 4. The van der Waals surface area contributed by atoms with Crippen LogP contribution in [0.15, 0.2) is 42.5 Å². The van der Waals surface area contributed by atoms with E-state index in [1.807, 2.05) is 7.05 Å². The van der Waals surface area contributed by atoms with Crippen LogP contribution in [0.5, 0.6) is 11.5 Å². The van der Waals surface area contributed by atoms with E-state index in [2.05, 4.69) is 5.32 Å². The Balaban J connectivity index is 2.23. The molecule has 2 aromatic rings. The average Bonchev–Trinajstić information content (AvgIpc) is 2.28. The molecule has 1 N–H and O–H groups in total. The fraction of sp³-hybridized carbons (Fsp3) is 0.143. The summed E-state index contributed by atoms with van der Waals surface area (Å²) in [6, 6.07) is 11.6. The van der Waals surface area contributed by atoms with Crippen molar-refractivity contribution in [1.82, 2.24) is 5.32 Å². The van der Waals surface area contributed by atoms with E-state index in [1.165, 1.54) is 12.1 Å². The third-order valence-corrected chi connectivity index (χ3v) is 2.58. The fourth-order valence-electron chi connectivity index (χ4n) is 1.65. The molecule has 0 fully saturated rings. The van der Waals surface area contributed by atoms with E-state index in [-0.39, 0.29) is 5.82 Å². The first-order chi connectivity index (χ1) is 8.67. The number of hydrogen-bond acceptors (Lipinski definition) is 2. The van der Waals surface area contributed by atoms with Crippen LogP contribution < -0.4 is 10.1 Å². The highest BCUT2D eigenvalue weighted by atomic mass is 35.5. The van der Waals surface area contributed by atoms with Gasteiger partial charge in [0.25, 0.3) is 0 Å². The van der Waals surface area contributed by atoms with Gasteiger partial charge in [0.15, 0.2) is 0 Å². The topological polar surface area (TPSA) is 21.3 Å². The van der Waals surface area contributed by atoms with Gasteiger partial charge in [-0.05, 0) is 42.9 Å². The Labute approximate surface area is 110 Å². The van der Waals surface area contributed by atoms with E-state index in [4.69, 9.17) is 16.3 Å². The summed E-state index contributed by atoms with van der Waals surface area (Å²) < 4.78 is 19.0. The molecule has 0 spiro atoms. The van der Waals surface area contributed by atoms with Crippen molar-refractivity contribution < 1.29 is 9.13 Å². The molecular formula is C14H13ClFNO. The van der Waals surface area contributed by atoms with Gasteiger partial charge in [-0.1, -0.05) is 17.7 Å². The summed E-state index contributed by atoms with van der Waals surface area (Å²) in [5.74, 6) is 0.728. The van der Waals surface area contributed by atoms with E-state index in [1.54, 1.807) is 30.3 Å². The summed E-state index contributed by atoms with van der Waals surface area (Å²) in [4.78, 5) is 0. The smallest absolute Gasteiger partial charge is 0.130 e. The second-order valence-corrected chi connectivity index (χ2v) is 4.32. The Morgan fingerprint density at radius 2 is 2.00 bits per heavy atom. The molecule has 0 saturated carbocycles. The zero-order valence-electron chi connectivity index (χ0n) is 9.91. The number of ether oxygens (including phenoxy) is 1. The number of nitrogens with one attached hydrogen (secondary N) is 1. The number of halogens is 2. The maximum atomic E-state index is 13.4. The maximum absolute atomic E-state index is 13.4. The van der Waals surface area contributed by atoms with Gasteiger partial charge in [0.2, 0.25) is 0 Å². The van der Waals surface area contributed by atoms with E-state index >= 15 is 0 Å². The molecule has 2 aromatic carbocycles. The van der Waals surface area contributed by atoms with Crippen LogP contribution >= 0.6 is 11.6 Å². The Bertz CT molecular complexity index is 545.